The van der Waals surface area contributed by atoms with Gasteiger partial charge in [0.15, 0.2) is 0 Å². The van der Waals surface area contributed by atoms with Gasteiger partial charge in [0.05, 0.1) is 22.4 Å². The molecule has 5 nitrogen and oxygen atoms in total. The second-order valence-electron chi connectivity index (χ2n) is 6.87. The smallest absolute Gasteiger partial charge is 0.234 e. The van der Waals surface area contributed by atoms with Crippen molar-refractivity contribution in [3.63, 3.8) is 0 Å². The summed E-state index contributed by atoms with van der Waals surface area (Å²) in [5.41, 5.74) is 4.04. The van der Waals surface area contributed by atoms with Crippen LogP contribution in [0.1, 0.15) is 29.0 Å². The number of carbonyl (C=O) groups is 2. The Bertz CT molecular complexity index is 1030. The Morgan fingerprint density at radius 2 is 2.00 bits per heavy atom. The topological polar surface area (TPSA) is 82.0 Å². The van der Waals surface area contributed by atoms with Crippen LogP contribution in [-0.4, -0.2) is 17.6 Å². The van der Waals surface area contributed by atoms with Crippen LogP contribution in [0, 0.1) is 25.2 Å². The zero-order chi connectivity index (χ0) is 21.0. The number of allylic oxidation sites excluding steroid dienone is 1. The van der Waals surface area contributed by atoms with Crippen molar-refractivity contribution in [3.05, 3.63) is 74.8 Å². The predicted octanol–water partition coefficient (Wildman–Crippen LogP) is 4.67. The number of hydrogen-bond acceptors (Lipinski definition) is 4. The first-order valence-corrected chi connectivity index (χ1v) is 10.4. The van der Waals surface area contributed by atoms with E-state index in [2.05, 4.69) is 16.7 Å². The number of nitrogens with one attached hydrogen (secondary N) is 2. The van der Waals surface area contributed by atoms with E-state index in [0.717, 1.165) is 28.5 Å². The van der Waals surface area contributed by atoms with E-state index in [0.29, 0.717) is 21.3 Å². The molecule has 0 aliphatic carbocycles. The van der Waals surface area contributed by atoms with Gasteiger partial charge in [0, 0.05) is 23.0 Å². The summed E-state index contributed by atoms with van der Waals surface area (Å²) in [5, 5.41) is 16.3. The molecule has 0 saturated carbocycles. The van der Waals surface area contributed by atoms with E-state index >= 15 is 0 Å². The number of hydrogen-bond donors (Lipinski definition) is 2. The monoisotopic (exact) mass is 425 g/mol. The van der Waals surface area contributed by atoms with Gasteiger partial charge in [-0.15, -0.1) is 0 Å². The first-order valence-electron chi connectivity index (χ1n) is 9.07. The lowest BCUT2D eigenvalue weighted by Crippen LogP contribution is -2.31. The number of carbonyl (C=O) groups excluding carboxylic acids is 2. The molecule has 2 aromatic carbocycles. The summed E-state index contributed by atoms with van der Waals surface area (Å²) in [5.74, 6) is -0.650. The molecule has 1 aliphatic heterocycles. The lowest BCUT2D eigenvalue weighted by Gasteiger charge is -2.25. The fourth-order valence-corrected chi connectivity index (χ4v) is 4.12. The zero-order valence-corrected chi connectivity index (χ0v) is 17.7. The van der Waals surface area contributed by atoms with E-state index in [4.69, 9.17) is 11.6 Å². The molecular formula is C22H20ClN3O2S. The molecule has 0 radical (unpaired) electrons. The van der Waals surface area contributed by atoms with E-state index in [1.165, 1.54) is 0 Å². The molecule has 0 aromatic heterocycles. The maximum absolute atomic E-state index is 12.4. The van der Waals surface area contributed by atoms with E-state index in [1.54, 1.807) is 12.1 Å². The number of aryl methyl sites for hydroxylation is 2. The minimum absolute atomic E-state index is 0.0629. The number of amides is 2. The largest absolute Gasteiger partial charge is 0.325 e. The Morgan fingerprint density at radius 3 is 2.69 bits per heavy atom. The first-order chi connectivity index (χ1) is 13.9. The highest BCUT2D eigenvalue weighted by Gasteiger charge is 2.29. The Kier molecular flexibility index (Phi) is 6.63. The molecular weight excluding hydrogens is 406 g/mol. The Balaban J connectivity index is 1.76. The van der Waals surface area contributed by atoms with E-state index in [-0.39, 0.29) is 29.9 Å². The van der Waals surface area contributed by atoms with Gasteiger partial charge < -0.3 is 10.6 Å². The fourth-order valence-electron chi connectivity index (χ4n) is 3.07. The number of nitrogens with zero attached hydrogens (tertiary/aromatic N) is 1. The minimum atomic E-state index is -0.310. The van der Waals surface area contributed by atoms with Crippen molar-refractivity contribution in [3.8, 4) is 6.07 Å². The molecule has 3 rings (SSSR count). The Hall–Kier alpha value is -2.75. The minimum Gasteiger partial charge on any atom is -0.325 e. The molecule has 0 bridgehead atoms. The van der Waals surface area contributed by atoms with Gasteiger partial charge in [-0.3, -0.25) is 9.59 Å². The van der Waals surface area contributed by atoms with Crippen LogP contribution in [0.25, 0.3) is 0 Å². The van der Waals surface area contributed by atoms with Crippen molar-refractivity contribution in [1.29, 1.82) is 5.26 Å². The highest BCUT2D eigenvalue weighted by atomic mass is 35.5. The molecule has 2 N–H and O–H groups in total. The molecule has 2 aromatic rings. The molecule has 1 aliphatic rings. The Morgan fingerprint density at radius 1 is 1.28 bits per heavy atom. The maximum atomic E-state index is 12.4. The van der Waals surface area contributed by atoms with E-state index in [9.17, 15) is 14.9 Å². The molecule has 148 valence electrons. The second-order valence-corrected chi connectivity index (χ2v) is 8.29. The van der Waals surface area contributed by atoms with Crippen molar-refractivity contribution in [1.82, 2.24) is 5.32 Å². The van der Waals surface area contributed by atoms with Gasteiger partial charge in [-0.2, -0.15) is 5.26 Å². The number of rotatable bonds is 5. The molecule has 1 atom stereocenters. The van der Waals surface area contributed by atoms with Crippen molar-refractivity contribution in [2.24, 2.45) is 0 Å². The van der Waals surface area contributed by atoms with Gasteiger partial charge in [-0.05, 0) is 37.1 Å². The summed E-state index contributed by atoms with van der Waals surface area (Å²) >= 11 is 7.14. The zero-order valence-electron chi connectivity index (χ0n) is 16.1. The number of anilines is 1. The molecule has 0 fully saturated rings. The normalized spacial score (nSPS) is 16.2. The van der Waals surface area contributed by atoms with Gasteiger partial charge in [0.25, 0.3) is 0 Å². The first kappa shape index (κ1) is 21.0. The van der Waals surface area contributed by atoms with Crippen molar-refractivity contribution < 1.29 is 9.59 Å². The quantitative estimate of drug-likeness (QED) is 0.729. The number of halogens is 1. The Labute approximate surface area is 179 Å². The summed E-state index contributed by atoms with van der Waals surface area (Å²) < 4.78 is 0. The highest BCUT2D eigenvalue weighted by Crippen LogP contribution is 2.36. The highest BCUT2D eigenvalue weighted by molar-refractivity contribution is 8.03. The third kappa shape index (κ3) is 5.20. The summed E-state index contributed by atoms with van der Waals surface area (Å²) in [6.45, 7) is 3.86. The summed E-state index contributed by atoms with van der Waals surface area (Å²) in [7, 11) is 0. The summed E-state index contributed by atoms with van der Waals surface area (Å²) in [6, 6.07) is 15.3. The van der Waals surface area contributed by atoms with Gasteiger partial charge in [0.2, 0.25) is 11.8 Å². The number of nitriles is 1. The number of thioether (sulfide) groups is 1. The van der Waals surface area contributed by atoms with Crippen LogP contribution in [0.3, 0.4) is 0 Å². The van der Waals surface area contributed by atoms with Crippen molar-refractivity contribution in [2.75, 3.05) is 11.1 Å². The lowest BCUT2D eigenvalue weighted by atomic mass is 9.87. The van der Waals surface area contributed by atoms with Crippen molar-refractivity contribution >= 4 is 40.9 Å². The van der Waals surface area contributed by atoms with Crippen LogP contribution in [-0.2, 0) is 9.59 Å². The molecule has 0 spiro atoms. The van der Waals surface area contributed by atoms with Gasteiger partial charge in [-0.25, -0.2) is 0 Å². The van der Waals surface area contributed by atoms with E-state index < -0.39 is 0 Å². The average Bonchev–Trinajstić information content (AvgIpc) is 2.69. The van der Waals surface area contributed by atoms with E-state index in [1.807, 2.05) is 44.2 Å². The average molecular weight is 426 g/mol. The fraction of sp³-hybridized carbons (Fsp3) is 0.227. The lowest BCUT2D eigenvalue weighted by molar-refractivity contribution is -0.121. The van der Waals surface area contributed by atoms with Crippen molar-refractivity contribution in [2.45, 2.75) is 26.2 Å². The molecule has 0 saturated heterocycles. The standard InChI is InChI=1S/C22H20ClN3O2S/c1-13-3-6-15(7-4-13)17-10-20(27)26-22(18(17)11-24)29-12-21(28)25-19-9-16(23)8-5-14(19)2/h3-9,17H,10,12H2,1-2H3,(H,25,28)(H,26,27)/t17-/m0/s1. The van der Waals surface area contributed by atoms with Crippen LogP contribution < -0.4 is 10.6 Å². The van der Waals surface area contributed by atoms with Crippen LogP contribution in [0.15, 0.2) is 53.1 Å². The molecule has 1 heterocycles. The molecule has 0 unspecified atom stereocenters. The SMILES string of the molecule is Cc1ccc([C@@H]2CC(=O)NC(SCC(=O)Nc3cc(Cl)ccc3C)=C2C#N)cc1. The summed E-state index contributed by atoms with van der Waals surface area (Å²) in [6.07, 6.45) is 0.212. The van der Waals surface area contributed by atoms with Crippen LogP contribution >= 0.6 is 23.4 Å². The third-order valence-corrected chi connectivity index (χ3v) is 5.91. The van der Waals surface area contributed by atoms with Gasteiger partial charge >= 0.3 is 0 Å². The van der Waals surface area contributed by atoms with Gasteiger partial charge in [-0.1, -0.05) is 59.3 Å². The molecule has 29 heavy (non-hydrogen) atoms. The third-order valence-electron chi connectivity index (χ3n) is 4.66. The molecule has 2 amide bonds. The van der Waals surface area contributed by atoms with Gasteiger partial charge in [0.1, 0.15) is 0 Å². The summed E-state index contributed by atoms with van der Waals surface area (Å²) in [4.78, 5) is 24.6. The van der Waals surface area contributed by atoms with Crippen LogP contribution in [0.2, 0.25) is 5.02 Å². The molecule has 7 heteroatoms. The van der Waals surface area contributed by atoms with Crippen LogP contribution in [0.4, 0.5) is 5.69 Å². The van der Waals surface area contributed by atoms with Crippen LogP contribution in [0.5, 0.6) is 0 Å². The maximum Gasteiger partial charge on any atom is 0.234 e. The second kappa shape index (κ2) is 9.17. The predicted molar refractivity (Wildman–Crippen MR) is 117 cm³/mol. The number of benzene rings is 2.